The molecular weight excluding hydrogens is 224 g/mol. The first-order valence-corrected chi connectivity index (χ1v) is 6.11. The van der Waals surface area contributed by atoms with Crippen molar-refractivity contribution in [1.82, 2.24) is 0 Å². The van der Waals surface area contributed by atoms with Crippen molar-refractivity contribution in [3.8, 4) is 11.5 Å². The first-order chi connectivity index (χ1) is 8.70. The summed E-state index contributed by atoms with van der Waals surface area (Å²) in [6, 6.07) is 13.6. The number of benzene rings is 2. The fraction of sp³-hybridized carbons (Fsp3) is 0.250. The van der Waals surface area contributed by atoms with E-state index < -0.39 is 0 Å². The maximum absolute atomic E-state index is 9.72. The van der Waals surface area contributed by atoms with Crippen molar-refractivity contribution in [1.29, 1.82) is 0 Å². The zero-order chi connectivity index (χ0) is 13.0. The number of ether oxygens (including phenoxy) is 1. The standard InChI is InChI=1S/C16H18O2/c1-12-11-15(18-2)10-9-13(12)7-8-14-5-3-4-6-16(14)17/h3-6,9-11,17H,7-8H2,1-2H3. The van der Waals surface area contributed by atoms with Crippen LogP contribution in [0.4, 0.5) is 0 Å². The molecule has 0 heterocycles. The third-order valence-corrected chi connectivity index (χ3v) is 3.21. The third kappa shape index (κ3) is 2.83. The summed E-state index contributed by atoms with van der Waals surface area (Å²) in [5.74, 6) is 1.27. The van der Waals surface area contributed by atoms with Gasteiger partial charge >= 0.3 is 0 Å². The highest BCUT2D eigenvalue weighted by atomic mass is 16.5. The fourth-order valence-corrected chi connectivity index (χ4v) is 2.07. The molecule has 2 rings (SSSR count). The Morgan fingerprint density at radius 3 is 2.39 bits per heavy atom. The summed E-state index contributed by atoms with van der Waals surface area (Å²) < 4.78 is 5.19. The second-order valence-electron chi connectivity index (χ2n) is 4.42. The molecule has 0 unspecified atom stereocenters. The average molecular weight is 242 g/mol. The lowest BCUT2D eigenvalue weighted by Crippen LogP contribution is -1.95. The Kier molecular flexibility index (Phi) is 3.88. The molecule has 0 aliphatic carbocycles. The Morgan fingerprint density at radius 1 is 1.00 bits per heavy atom. The quantitative estimate of drug-likeness (QED) is 0.889. The van der Waals surface area contributed by atoms with E-state index in [2.05, 4.69) is 13.0 Å². The topological polar surface area (TPSA) is 29.5 Å². The van der Waals surface area contributed by atoms with Crippen molar-refractivity contribution in [2.24, 2.45) is 0 Å². The first-order valence-electron chi connectivity index (χ1n) is 6.11. The van der Waals surface area contributed by atoms with Crippen LogP contribution in [-0.4, -0.2) is 12.2 Å². The molecule has 0 aromatic heterocycles. The Hall–Kier alpha value is -1.96. The monoisotopic (exact) mass is 242 g/mol. The predicted octanol–water partition coefficient (Wildman–Crippen LogP) is 3.49. The van der Waals surface area contributed by atoms with E-state index in [0.29, 0.717) is 5.75 Å². The van der Waals surface area contributed by atoms with Crippen molar-refractivity contribution in [3.05, 3.63) is 59.2 Å². The van der Waals surface area contributed by atoms with Crippen molar-refractivity contribution in [3.63, 3.8) is 0 Å². The molecule has 0 fully saturated rings. The van der Waals surface area contributed by atoms with Gasteiger partial charge < -0.3 is 9.84 Å². The van der Waals surface area contributed by atoms with Gasteiger partial charge in [-0.25, -0.2) is 0 Å². The second-order valence-corrected chi connectivity index (χ2v) is 4.42. The van der Waals surface area contributed by atoms with Gasteiger partial charge in [0.15, 0.2) is 0 Å². The van der Waals surface area contributed by atoms with Gasteiger partial charge in [0, 0.05) is 0 Å². The second kappa shape index (κ2) is 5.58. The zero-order valence-corrected chi connectivity index (χ0v) is 10.8. The molecule has 18 heavy (non-hydrogen) atoms. The van der Waals surface area contributed by atoms with Gasteiger partial charge in [0.1, 0.15) is 11.5 Å². The normalized spacial score (nSPS) is 10.3. The number of hydrogen-bond donors (Lipinski definition) is 1. The number of aromatic hydroxyl groups is 1. The zero-order valence-electron chi connectivity index (χ0n) is 10.8. The Morgan fingerprint density at radius 2 is 1.72 bits per heavy atom. The SMILES string of the molecule is COc1ccc(CCc2ccccc2O)c(C)c1. The van der Waals surface area contributed by atoms with E-state index in [1.807, 2.05) is 30.3 Å². The molecule has 2 aromatic carbocycles. The lowest BCUT2D eigenvalue weighted by Gasteiger charge is -2.09. The molecule has 0 saturated carbocycles. The maximum atomic E-state index is 9.72. The van der Waals surface area contributed by atoms with Crippen molar-refractivity contribution in [2.45, 2.75) is 19.8 Å². The van der Waals surface area contributed by atoms with Crippen LogP contribution in [0.3, 0.4) is 0 Å². The summed E-state index contributed by atoms with van der Waals surface area (Å²) in [4.78, 5) is 0. The molecule has 2 heteroatoms. The van der Waals surface area contributed by atoms with E-state index >= 15 is 0 Å². The van der Waals surface area contributed by atoms with E-state index in [1.54, 1.807) is 13.2 Å². The van der Waals surface area contributed by atoms with Crippen molar-refractivity contribution < 1.29 is 9.84 Å². The van der Waals surface area contributed by atoms with Gasteiger partial charge in [-0.05, 0) is 54.7 Å². The smallest absolute Gasteiger partial charge is 0.119 e. The van der Waals surface area contributed by atoms with E-state index in [4.69, 9.17) is 4.74 Å². The molecule has 0 saturated heterocycles. The summed E-state index contributed by atoms with van der Waals surface area (Å²) in [5, 5.41) is 9.72. The van der Waals surface area contributed by atoms with Crippen LogP contribution in [0, 0.1) is 6.92 Å². The summed E-state index contributed by atoms with van der Waals surface area (Å²) in [7, 11) is 1.68. The van der Waals surface area contributed by atoms with Crippen LogP contribution < -0.4 is 4.74 Å². The molecule has 2 aromatic rings. The third-order valence-electron chi connectivity index (χ3n) is 3.21. The Labute approximate surface area is 108 Å². The minimum Gasteiger partial charge on any atom is -0.508 e. The van der Waals surface area contributed by atoms with Gasteiger partial charge in [-0.2, -0.15) is 0 Å². The summed E-state index contributed by atoms with van der Waals surface area (Å²) in [5.41, 5.74) is 3.51. The molecule has 0 aliphatic heterocycles. The van der Waals surface area contributed by atoms with E-state index in [-0.39, 0.29) is 0 Å². The molecule has 0 amide bonds. The van der Waals surface area contributed by atoms with Gasteiger partial charge in [0.2, 0.25) is 0 Å². The predicted molar refractivity (Wildman–Crippen MR) is 73.2 cm³/mol. The van der Waals surface area contributed by atoms with Crippen LogP contribution in [0.15, 0.2) is 42.5 Å². The average Bonchev–Trinajstić information content (AvgIpc) is 2.39. The molecule has 0 radical (unpaired) electrons. The van der Waals surface area contributed by atoms with Crippen LogP contribution >= 0.6 is 0 Å². The van der Waals surface area contributed by atoms with Gasteiger partial charge in [-0.1, -0.05) is 24.3 Å². The van der Waals surface area contributed by atoms with Crippen LogP contribution in [-0.2, 0) is 12.8 Å². The van der Waals surface area contributed by atoms with Crippen LogP contribution in [0.5, 0.6) is 11.5 Å². The first kappa shape index (κ1) is 12.5. The van der Waals surface area contributed by atoms with Gasteiger partial charge in [0.25, 0.3) is 0 Å². The maximum Gasteiger partial charge on any atom is 0.119 e. The molecule has 0 atom stereocenters. The number of hydrogen-bond acceptors (Lipinski definition) is 2. The molecule has 0 aliphatic rings. The molecule has 2 nitrogen and oxygen atoms in total. The minimum atomic E-state index is 0.378. The largest absolute Gasteiger partial charge is 0.508 e. The summed E-state index contributed by atoms with van der Waals surface area (Å²) in [6.07, 6.45) is 1.77. The number of methoxy groups -OCH3 is 1. The molecule has 1 N–H and O–H groups in total. The highest BCUT2D eigenvalue weighted by Crippen LogP contribution is 2.21. The highest BCUT2D eigenvalue weighted by molar-refractivity contribution is 5.37. The highest BCUT2D eigenvalue weighted by Gasteiger charge is 2.03. The van der Waals surface area contributed by atoms with Crippen LogP contribution in [0.2, 0.25) is 0 Å². The van der Waals surface area contributed by atoms with E-state index in [1.165, 1.54) is 11.1 Å². The molecule has 0 spiro atoms. The van der Waals surface area contributed by atoms with Crippen LogP contribution in [0.1, 0.15) is 16.7 Å². The van der Waals surface area contributed by atoms with E-state index in [0.717, 1.165) is 24.2 Å². The number of aryl methyl sites for hydroxylation is 3. The van der Waals surface area contributed by atoms with Crippen LogP contribution in [0.25, 0.3) is 0 Å². The number of phenols is 1. The van der Waals surface area contributed by atoms with Gasteiger partial charge in [-0.15, -0.1) is 0 Å². The number of phenolic OH excluding ortho intramolecular Hbond substituents is 1. The lowest BCUT2D eigenvalue weighted by atomic mass is 10.00. The Bertz CT molecular complexity index is 532. The lowest BCUT2D eigenvalue weighted by molar-refractivity contribution is 0.414. The van der Waals surface area contributed by atoms with Gasteiger partial charge in [-0.3, -0.25) is 0 Å². The fourth-order valence-electron chi connectivity index (χ4n) is 2.07. The summed E-state index contributed by atoms with van der Waals surface area (Å²) in [6.45, 7) is 2.09. The number of rotatable bonds is 4. The van der Waals surface area contributed by atoms with Crippen molar-refractivity contribution in [2.75, 3.05) is 7.11 Å². The van der Waals surface area contributed by atoms with E-state index in [9.17, 15) is 5.11 Å². The van der Waals surface area contributed by atoms with Gasteiger partial charge in [0.05, 0.1) is 7.11 Å². The molecule has 94 valence electrons. The number of para-hydroxylation sites is 1. The Balaban J connectivity index is 2.09. The summed E-state index contributed by atoms with van der Waals surface area (Å²) >= 11 is 0. The molecular formula is C16H18O2. The minimum absolute atomic E-state index is 0.378. The van der Waals surface area contributed by atoms with Crippen molar-refractivity contribution >= 4 is 0 Å². The molecule has 0 bridgehead atoms.